The fourth-order valence-electron chi connectivity index (χ4n) is 2.53. The van der Waals surface area contributed by atoms with Crippen LogP contribution in [0.1, 0.15) is 18.1 Å². The van der Waals surface area contributed by atoms with Gasteiger partial charge in [-0.1, -0.05) is 0 Å². The number of halogens is 3. The average molecular weight is 268 g/mol. The number of H-pyrrole nitrogens is 1. The van der Waals surface area contributed by atoms with Crippen LogP contribution in [-0.4, -0.2) is 11.0 Å². The van der Waals surface area contributed by atoms with Gasteiger partial charge in [0.05, 0.1) is 11.1 Å². The molecule has 19 heavy (non-hydrogen) atoms. The maximum absolute atomic E-state index is 13.0. The largest absolute Gasteiger partial charge is 0.417 e. The van der Waals surface area contributed by atoms with Gasteiger partial charge in [0.2, 0.25) is 5.56 Å². The summed E-state index contributed by atoms with van der Waals surface area (Å²) in [6, 6.07) is 3.89. The minimum Gasteiger partial charge on any atom is -0.382 e. The van der Waals surface area contributed by atoms with Crippen LogP contribution in [0.2, 0.25) is 0 Å². The molecule has 1 aromatic heterocycles. The Labute approximate surface area is 106 Å². The van der Waals surface area contributed by atoms with Crippen LogP contribution in [0.3, 0.4) is 0 Å². The van der Waals surface area contributed by atoms with Crippen LogP contribution in [0.15, 0.2) is 23.0 Å². The lowest BCUT2D eigenvalue weighted by Gasteiger charge is -2.11. The highest BCUT2D eigenvalue weighted by molar-refractivity contribution is 5.88. The van der Waals surface area contributed by atoms with E-state index in [0.717, 1.165) is 11.3 Å². The van der Waals surface area contributed by atoms with Crippen molar-refractivity contribution in [2.75, 3.05) is 5.32 Å². The molecule has 0 spiro atoms. The second-order valence-corrected chi connectivity index (χ2v) is 4.85. The van der Waals surface area contributed by atoms with Gasteiger partial charge in [-0.2, -0.15) is 13.2 Å². The highest BCUT2D eigenvalue weighted by atomic mass is 19.4. The molecule has 0 bridgehead atoms. The molecule has 0 amide bonds. The molecule has 0 radical (unpaired) electrons. The van der Waals surface area contributed by atoms with Gasteiger partial charge in [-0.15, -0.1) is 0 Å². The van der Waals surface area contributed by atoms with Gasteiger partial charge in [0.15, 0.2) is 0 Å². The molecular weight excluding hydrogens is 257 g/mol. The number of alkyl halides is 3. The van der Waals surface area contributed by atoms with Crippen molar-refractivity contribution in [3.05, 3.63) is 39.7 Å². The predicted molar refractivity (Wildman–Crippen MR) is 66.4 cm³/mol. The molecule has 100 valence electrons. The Morgan fingerprint density at radius 1 is 1.26 bits per heavy atom. The molecule has 2 N–H and O–H groups in total. The highest BCUT2D eigenvalue weighted by Crippen LogP contribution is 2.36. The Hall–Kier alpha value is -1.98. The van der Waals surface area contributed by atoms with Crippen LogP contribution < -0.4 is 10.9 Å². The second-order valence-electron chi connectivity index (χ2n) is 4.85. The molecule has 0 saturated heterocycles. The average Bonchev–Trinajstić information content (AvgIpc) is 2.62. The van der Waals surface area contributed by atoms with E-state index in [1.165, 1.54) is 6.07 Å². The number of aromatic amines is 1. The first-order valence-electron chi connectivity index (χ1n) is 5.88. The first kappa shape index (κ1) is 12.1. The van der Waals surface area contributed by atoms with Crippen molar-refractivity contribution in [3.8, 4) is 0 Å². The normalized spacial score (nSPS) is 18.4. The van der Waals surface area contributed by atoms with Gasteiger partial charge in [0.25, 0.3) is 0 Å². The van der Waals surface area contributed by atoms with Crippen molar-refractivity contribution >= 4 is 16.6 Å². The molecule has 2 heterocycles. The number of hydrogen-bond acceptors (Lipinski definition) is 2. The van der Waals surface area contributed by atoms with E-state index >= 15 is 0 Å². The Morgan fingerprint density at radius 2 is 2.00 bits per heavy atom. The van der Waals surface area contributed by atoms with Crippen molar-refractivity contribution in [3.63, 3.8) is 0 Å². The number of benzene rings is 1. The third-order valence-electron chi connectivity index (χ3n) is 3.30. The Kier molecular flexibility index (Phi) is 2.39. The summed E-state index contributed by atoms with van der Waals surface area (Å²) in [4.78, 5) is 13.8. The number of nitrogens with one attached hydrogen (secondary N) is 2. The molecule has 0 aliphatic carbocycles. The van der Waals surface area contributed by atoms with Gasteiger partial charge in [-0.25, -0.2) is 0 Å². The standard InChI is InChI=1S/C13H11F3N2O/c1-6-2-7-3-8-9(13(14,15)16)4-12(19)18-11(8)5-10(7)17-6/h3-6,17H,2H2,1H3,(H,18,19)/t6-/m1/s1. The minimum atomic E-state index is -4.53. The molecule has 0 unspecified atom stereocenters. The zero-order valence-electron chi connectivity index (χ0n) is 10.1. The molecule has 3 rings (SSSR count). The fraction of sp³-hybridized carbons (Fsp3) is 0.308. The van der Waals surface area contributed by atoms with Crippen molar-refractivity contribution in [2.24, 2.45) is 0 Å². The maximum Gasteiger partial charge on any atom is 0.417 e. The number of rotatable bonds is 0. The van der Waals surface area contributed by atoms with Crippen molar-refractivity contribution < 1.29 is 13.2 Å². The molecule has 1 atom stereocenters. The summed E-state index contributed by atoms with van der Waals surface area (Å²) < 4.78 is 38.9. The Bertz CT molecular complexity index is 718. The SMILES string of the molecule is C[C@@H]1Cc2cc3c(C(F)(F)F)cc(=O)[nH]c3cc2N1. The minimum absolute atomic E-state index is 0.0433. The summed E-state index contributed by atoms with van der Waals surface area (Å²) in [7, 11) is 0. The van der Waals surface area contributed by atoms with E-state index in [4.69, 9.17) is 0 Å². The maximum atomic E-state index is 13.0. The van der Waals surface area contributed by atoms with Crippen molar-refractivity contribution in [1.29, 1.82) is 0 Å². The highest BCUT2D eigenvalue weighted by Gasteiger charge is 2.34. The number of hydrogen-bond donors (Lipinski definition) is 2. The van der Waals surface area contributed by atoms with Gasteiger partial charge in [-0.05, 0) is 31.0 Å². The topological polar surface area (TPSA) is 44.9 Å². The zero-order valence-corrected chi connectivity index (χ0v) is 10.1. The van der Waals surface area contributed by atoms with E-state index in [0.29, 0.717) is 12.5 Å². The lowest BCUT2D eigenvalue weighted by atomic mass is 10.0. The number of aromatic nitrogens is 1. The zero-order chi connectivity index (χ0) is 13.8. The molecular formula is C13H11F3N2O. The van der Waals surface area contributed by atoms with Crippen LogP contribution >= 0.6 is 0 Å². The summed E-state index contributed by atoms with van der Waals surface area (Å²) in [6.07, 6.45) is -3.85. The summed E-state index contributed by atoms with van der Waals surface area (Å²) in [5.41, 5.74) is 0.215. The van der Waals surface area contributed by atoms with Crippen LogP contribution in [0.5, 0.6) is 0 Å². The summed E-state index contributed by atoms with van der Waals surface area (Å²) in [5.74, 6) is 0. The van der Waals surface area contributed by atoms with Crippen LogP contribution in [0, 0.1) is 0 Å². The van der Waals surface area contributed by atoms with Crippen LogP contribution in [-0.2, 0) is 12.6 Å². The van der Waals surface area contributed by atoms with Gasteiger partial charge in [-0.3, -0.25) is 4.79 Å². The van der Waals surface area contributed by atoms with Crippen molar-refractivity contribution in [2.45, 2.75) is 25.6 Å². The van der Waals surface area contributed by atoms with E-state index in [-0.39, 0.29) is 16.9 Å². The lowest BCUT2D eigenvalue weighted by Crippen LogP contribution is -2.14. The second kappa shape index (κ2) is 3.76. The van der Waals surface area contributed by atoms with Gasteiger partial charge >= 0.3 is 6.18 Å². The molecule has 6 heteroatoms. The molecule has 3 nitrogen and oxygen atoms in total. The monoisotopic (exact) mass is 268 g/mol. The van der Waals surface area contributed by atoms with Gasteiger partial charge < -0.3 is 10.3 Å². The molecule has 2 aromatic rings. The Balaban J connectivity index is 2.34. The Morgan fingerprint density at radius 3 is 2.68 bits per heavy atom. The van der Waals surface area contributed by atoms with Crippen LogP contribution in [0.4, 0.5) is 18.9 Å². The van der Waals surface area contributed by atoms with Gasteiger partial charge in [0.1, 0.15) is 0 Å². The summed E-state index contributed by atoms with van der Waals surface area (Å²) in [5, 5.41) is 3.21. The van der Waals surface area contributed by atoms with E-state index in [2.05, 4.69) is 10.3 Å². The van der Waals surface area contributed by atoms with Crippen molar-refractivity contribution in [1.82, 2.24) is 4.98 Å². The van der Waals surface area contributed by atoms with E-state index in [9.17, 15) is 18.0 Å². The predicted octanol–water partition coefficient (Wildman–Crippen LogP) is 2.90. The third-order valence-corrected chi connectivity index (χ3v) is 3.30. The van der Waals surface area contributed by atoms with Crippen LogP contribution in [0.25, 0.3) is 10.9 Å². The molecule has 0 fully saturated rings. The molecule has 1 aliphatic heterocycles. The summed E-state index contributed by atoms with van der Waals surface area (Å²) >= 11 is 0. The molecule has 1 aromatic carbocycles. The smallest absolute Gasteiger partial charge is 0.382 e. The third kappa shape index (κ3) is 1.97. The first-order chi connectivity index (χ1) is 8.84. The number of pyridine rings is 1. The quantitative estimate of drug-likeness (QED) is 0.771. The number of anilines is 1. The number of fused-ring (bicyclic) bond motifs is 2. The fourth-order valence-corrected chi connectivity index (χ4v) is 2.53. The van der Waals surface area contributed by atoms with E-state index in [1.54, 1.807) is 6.07 Å². The summed E-state index contributed by atoms with van der Waals surface area (Å²) in [6.45, 7) is 1.96. The van der Waals surface area contributed by atoms with E-state index < -0.39 is 17.3 Å². The lowest BCUT2D eigenvalue weighted by molar-refractivity contribution is -0.136. The molecule has 0 saturated carbocycles. The molecule has 1 aliphatic rings. The van der Waals surface area contributed by atoms with E-state index in [1.807, 2.05) is 6.92 Å². The van der Waals surface area contributed by atoms with Gasteiger partial charge in [0, 0.05) is 23.2 Å². The first-order valence-corrected chi connectivity index (χ1v) is 5.88.